The summed E-state index contributed by atoms with van der Waals surface area (Å²) in [5, 5.41) is 16.4. The highest BCUT2D eigenvalue weighted by Crippen LogP contribution is 2.35. The van der Waals surface area contributed by atoms with Crippen molar-refractivity contribution in [1.29, 1.82) is 0 Å². The first kappa shape index (κ1) is 25.6. The standard InChI is InChI=1S/C28H31FN6O3/c1-28(2,37)9-11-34(12-13-38-3)19-4-7-24(30-15-19)33-22-6-5-20(21-16-32-27(36)26(21)22)23-17-31-25-14-18(29)8-10-35(23)25/h4-8,10,14-15,17,37H,9,11-13,16H2,1-3H3,(H,30,33)(H,32,36). The minimum Gasteiger partial charge on any atom is -0.390 e. The molecule has 0 aliphatic carbocycles. The van der Waals surface area contributed by atoms with Gasteiger partial charge in [-0.15, -0.1) is 0 Å². The molecule has 0 saturated heterocycles. The summed E-state index contributed by atoms with van der Waals surface area (Å²) in [5.74, 6) is 0.0786. The van der Waals surface area contributed by atoms with Crippen LogP contribution in [0, 0.1) is 5.82 Å². The Balaban J connectivity index is 1.41. The minimum atomic E-state index is -0.771. The highest BCUT2D eigenvalue weighted by Gasteiger charge is 2.27. The number of anilines is 3. The lowest BCUT2D eigenvalue weighted by molar-refractivity contribution is 0.0726. The smallest absolute Gasteiger partial charge is 0.254 e. The summed E-state index contributed by atoms with van der Waals surface area (Å²) in [7, 11) is 1.66. The SMILES string of the molecule is COCCN(CCC(C)(C)O)c1ccc(Nc2ccc(-c3cnc4cc(F)ccn34)c3c2C(=O)NC3)nc1. The lowest BCUT2D eigenvalue weighted by Crippen LogP contribution is -2.33. The molecule has 38 heavy (non-hydrogen) atoms. The second-order valence-corrected chi connectivity index (χ2v) is 9.98. The molecular weight excluding hydrogens is 487 g/mol. The van der Waals surface area contributed by atoms with Gasteiger partial charge in [-0.05, 0) is 50.1 Å². The third-order valence-electron chi connectivity index (χ3n) is 6.65. The summed E-state index contributed by atoms with van der Waals surface area (Å²) in [6, 6.07) is 10.4. The Bertz CT molecular complexity index is 1460. The molecule has 4 aromatic rings. The van der Waals surface area contributed by atoms with E-state index < -0.39 is 5.60 Å². The summed E-state index contributed by atoms with van der Waals surface area (Å²) >= 11 is 0. The van der Waals surface area contributed by atoms with E-state index in [1.807, 2.05) is 28.7 Å². The van der Waals surface area contributed by atoms with Crippen molar-refractivity contribution in [1.82, 2.24) is 19.7 Å². The molecule has 0 bridgehead atoms. The number of carbonyl (C=O) groups is 1. The zero-order chi connectivity index (χ0) is 26.9. The number of amides is 1. The number of nitrogens with zero attached hydrogens (tertiary/aromatic N) is 4. The summed E-state index contributed by atoms with van der Waals surface area (Å²) in [4.78, 5) is 23.9. The van der Waals surface area contributed by atoms with Gasteiger partial charge in [0, 0.05) is 44.6 Å². The monoisotopic (exact) mass is 518 g/mol. The van der Waals surface area contributed by atoms with Crippen LogP contribution in [0.4, 0.5) is 21.6 Å². The molecule has 3 N–H and O–H groups in total. The van der Waals surface area contributed by atoms with Gasteiger partial charge >= 0.3 is 0 Å². The first-order chi connectivity index (χ1) is 18.2. The maximum absolute atomic E-state index is 13.6. The highest BCUT2D eigenvalue weighted by atomic mass is 19.1. The molecule has 0 fully saturated rings. The first-order valence-electron chi connectivity index (χ1n) is 12.5. The molecule has 0 saturated carbocycles. The third kappa shape index (κ3) is 5.32. The number of imidazole rings is 1. The van der Waals surface area contributed by atoms with Crippen LogP contribution in [-0.2, 0) is 11.3 Å². The Kier molecular flexibility index (Phi) is 7.00. The molecule has 1 amide bonds. The molecule has 10 heteroatoms. The molecule has 1 aliphatic heterocycles. The van der Waals surface area contributed by atoms with E-state index in [4.69, 9.17) is 4.74 Å². The minimum absolute atomic E-state index is 0.168. The summed E-state index contributed by atoms with van der Waals surface area (Å²) in [5.41, 5.74) is 4.33. The predicted octanol–water partition coefficient (Wildman–Crippen LogP) is 4.14. The van der Waals surface area contributed by atoms with Gasteiger partial charge in [0.25, 0.3) is 5.91 Å². The highest BCUT2D eigenvalue weighted by molar-refractivity contribution is 6.06. The largest absolute Gasteiger partial charge is 0.390 e. The number of hydrogen-bond acceptors (Lipinski definition) is 7. The maximum atomic E-state index is 13.6. The lowest BCUT2D eigenvalue weighted by Gasteiger charge is -2.27. The van der Waals surface area contributed by atoms with Gasteiger partial charge < -0.3 is 25.4 Å². The van der Waals surface area contributed by atoms with Crippen LogP contribution in [-0.4, -0.2) is 57.8 Å². The molecule has 0 atom stereocenters. The van der Waals surface area contributed by atoms with Crippen molar-refractivity contribution in [3.8, 4) is 11.3 Å². The van der Waals surface area contributed by atoms with Gasteiger partial charge in [-0.2, -0.15) is 0 Å². The van der Waals surface area contributed by atoms with Crippen molar-refractivity contribution in [3.05, 3.63) is 71.9 Å². The second kappa shape index (κ2) is 10.4. The van der Waals surface area contributed by atoms with Gasteiger partial charge in [0.1, 0.15) is 17.3 Å². The van der Waals surface area contributed by atoms with Crippen molar-refractivity contribution in [3.63, 3.8) is 0 Å². The number of ether oxygens (including phenoxy) is 1. The van der Waals surface area contributed by atoms with Crippen LogP contribution in [0.1, 0.15) is 36.2 Å². The first-order valence-corrected chi connectivity index (χ1v) is 12.5. The van der Waals surface area contributed by atoms with E-state index in [1.165, 1.54) is 12.1 Å². The topological polar surface area (TPSA) is 104 Å². The van der Waals surface area contributed by atoms with E-state index in [2.05, 4.69) is 25.5 Å². The number of carbonyl (C=O) groups excluding carboxylic acids is 1. The maximum Gasteiger partial charge on any atom is 0.254 e. The number of fused-ring (bicyclic) bond motifs is 2. The quantitative estimate of drug-likeness (QED) is 0.290. The molecule has 5 rings (SSSR count). The average molecular weight is 519 g/mol. The number of hydrogen-bond donors (Lipinski definition) is 3. The molecule has 0 radical (unpaired) electrons. The molecule has 1 aromatic carbocycles. The Hall–Kier alpha value is -4.02. The lowest BCUT2D eigenvalue weighted by atomic mass is 9.99. The average Bonchev–Trinajstić information content (AvgIpc) is 3.48. The van der Waals surface area contributed by atoms with Gasteiger partial charge in [-0.1, -0.05) is 6.07 Å². The molecule has 0 unspecified atom stereocenters. The summed E-state index contributed by atoms with van der Waals surface area (Å²) in [6.07, 6.45) is 5.70. The number of benzene rings is 1. The number of methoxy groups -OCH3 is 1. The van der Waals surface area contributed by atoms with Crippen LogP contribution in [0.2, 0.25) is 0 Å². The number of pyridine rings is 2. The van der Waals surface area contributed by atoms with E-state index in [1.54, 1.807) is 39.5 Å². The molecule has 4 heterocycles. The van der Waals surface area contributed by atoms with Crippen LogP contribution in [0.15, 0.2) is 55.0 Å². The summed E-state index contributed by atoms with van der Waals surface area (Å²) < 4.78 is 20.7. The Labute approximate surface area is 220 Å². The predicted molar refractivity (Wildman–Crippen MR) is 144 cm³/mol. The zero-order valence-corrected chi connectivity index (χ0v) is 21.7. The van der Waals surface area contributed by atoms with Crippen molar-refractivity contribution >= 4 is 28.7 Å². The summed E-state index contributed by atoms with van der Waals surface area (Å²) in [6.45, 7) is 5.86. The zero-order valence-electron chi connectivity index (χ0n) is 21.7. The van der Waals surface area contributed by atoms with Crippen LogP contribution in [0.25, 0.3) is 16.9 Å². The van der Waals surface area contributed by atoms with Gasteiger partial charge in [0.2, 0.25) is 0 Å². The molecule has 198 valence electrons. The molecule has 1 aliphatic rings. The molecule has 0 spiro atoms. The Morgan fingerprint density at radius 3 is 2.76 bits per heavy atom. The van der Waals surface area contributed by atoms with Crippen LogP contribution in [0.3, 0.4) is 0 Å². The van der Waals surface area contributed by atoms with Crippen molar-refractivity contribution in [2.45, 2.75) is 32.4 Å². The fraction of sp³-hybridized carbons (Fsp3) is 0.321. The van der Waals surface area contributed by atoms with Gasteiger partial charge in [-0.25, -0.2) is 14.4 Å². The normalized spacial score (nSPS) is 13.0. The number of rotatable bonds is 10. The van der Waals surface area contributed by atoms with Gasteiger partial charge in [-0.3, -0.25) is 9.20 Å². The second-order valence-electron chi connectivity index (χ2n) is 9.98. The molecule has 3 aromatic heterocycles. The van der Waals surface area contributed by atoms with Crippen molar-refractivity contribution < 1.29 is 19.0 Å². The van der Waals surface area contributed by atoms with Crippen molar-refractivity contribution in [2.75, 3.05) is 37.0 Å². The van der Waals surface area contributed by atoms with Crippen molar-refractivity contribution in [2.24, 2.45) is 0 Å². The Morgan fingerprint density at radius 1 is 1.18 bits per heavy atom. The van der Waals surface area contributed by atoms with Gasteiger partial charge in [0.15, 0.2) is 0 Å². The van der Waals surface area contributed by atoms with Gasteiger partial charge in [0.05, 0.1) is 47.2 Å². The number of aromatic nitrogens is 3. The van der Waals surface area contributed by atoms with Crippen LogP contribution >= 0.6 is 0 Å². The number of aliphatic hydroxyl groups is 1. The molecular formula is C28H31FN6O3. The number of nitrogens with one attached hydrogen (secondary N) is 2. The van der Waals surface area contributed by atoms with E-state index in [0.29, 0.717) is 55.4 Å². The van der Waals surface area contributed by atoms with E-state index in [-0.39, 0.29) is 11.7 Å². The van der Waals surface area contributed by atoms with E-state index >= 15 is 0 Å². The fourth-order valence-electron chi connectivity index (χ4n) is 4.61. The van der Waals surface area contributed by atoms with Crippen LogP contribution in [0.5, 0.6) is 0 Å². The number of halogens is 1. The van der Waals surface area contributed by atoms with E-state index in [9.17, 15) is 14.3 Å². The van der Waals surface area contributed by atoms with E-state index in [0.717, 1.165) is 22.5 Å². The molecule has 9 nitrogen and oxygen atoms in total. The fourth-order valence-corrected chi connectivity index (χ4v) is 4.61. The Morgan fingerprint density at radius 2 is 2.03 bits per heavy atom. The third-order valence-corrected chi connectivity index (χ3v) is 6.65. The van der Waals surface area contributed by atoms with Crippen LogP contribution < -0.4 is 15.5 Å².